The summed E-state index contributed by atoms with van der Waals surface area (Å²) in [7, 11) is 0. The van der Waals surface area contributed by atoms with Crippen molar-refractivity contribution >= 4 is 34.4 Å². The Kier molecular flexibility index (Phi) is 6.74. The van der Waals surface area contributed by atoms with Crippen LogP contribution in [0.5, 0.6) is 0 Å². The number of hydrogen-bond acceptors (Lipinski definition) is 9. The van der Waals surface area contributed by atoms with E-state index in [9.17, 15) is 10.1 Å². The molecule has 0 spiro atoms. The summed E-state index contributed by atoms with van der Waals surface area (Å²) < 4.78 is 0. The van der Waals surface area contributed by atoms with Gasteiger partial charge >= 0.3 is 5.69 Å². The molecule has 1 fully saturated rings. The Morgan fingerprint density at radius 2 is 1.49 bits per heavy atom. The quantitative estimate of drug-likeness (QED) is 0.209. The van der Waals surface area contributed by atoms with Gasteiger partial charge in [0, 0.05) is 22.8 Å². The third-order valence-electron chi connectivity index (χ3n) is 5.70. The lowest BCUT2D eigenvalue weighted by molar-refractivity contribution is -0.383. The van der Waals surface area contributed by atoms with E-state index in [1.165, 1.54) is 6.33 Å². The molecule has 10 heteroatoms. The van der Waals surface area contributed by atoms with Crippen LogP contribution >= 0.6 is 0 Å². The molecule has 0 amide bonds. The standard InChI is InChI=1S/C25H30N8O2/c1-24(2)14-20(15-25(3,4)32-24)29-23-21(33(34)35)22(26-16-27-23)28-17-10-12-19(13-11-17)31-30-18-8-6-5-7-9-18/h5-13,16,20,32H,14-15H2,1-4H3,(H2,26,27,28,29). The van der Waals surface area contributed by atoms with Gasteiger partial charge in [-0.25, -0.2) is 9.97 Å². The van der Waals surface area contributed by atoms with Crippen molar-refractivity contribution in [3.05, 3.63) is 71.0 Å². The molecule has 3 N–H and O–H groups in total. The first-order valence-electron chi connectivity index (χ1n) is 11.5. The monoisotopic (exact) mass is 474 g/mol. The Bertz CT molecular complexity index is 1190. The van der Waals surface area contributed by atoms with Gasteiger partial charge in [-0.05, 0) is 76.9 Å². The Morgan fingerprint density at radius 1 is 0.914 bits per heavy atom. The number of anilines is 3. The van der Waals surface area contributed by atoms with Crippen LogP contribution in [0.2, 0.25) is 0 Å². The molecule has 0 saturated carbocycles. The summed E-state index contributed by atoms with van der Waals surface area (Å²) in [5.74, 6) is 0.331. The molecule has 3 aromatic rings. The molecule has 4 rings (SSSR count). The van der Waals surface area contributed by atoms with Crippen LogP contribution in [0.25, 0.3) is 0 Å². The molecular weight excluding hydrogens is 444 g/mol. The fourth-order valence-corrected chi connectivity index (χ4v) is 4.72. The van der Waals surface area contributed by atoms with Gasteiger partial charge in [0.2, 0.25) is 11.6 Å². The van der Waals surface area contributed by atoms with Crippen molar-refractivity contribution in [1.82, 2.24) is 15.3 Å². The van der Waals surface area contributed by atoms with Crippen molar-refractivity contribution < 1.29 is 4.92 Å². The van der Waals surface area contributed by atoms with Crippen LogP contribution in [0, 0.1) is 10.1 Å². The normalized spacial score (nSPS) is 17.3. The van der Waals surface area contributed by atoms with Crippen molar-refractivity contribution in [2.45, 2.75) is 57.7 Å². The minimum Gasteiger partial charge on any atom is -0.361 e. The van der Waals surface area contributed by atoms with Crippen molar-refractivity contribution in [2.75, 3.05) is 10.6 Å². The topological polar surface area (TPSA) is 130 Å². The molecule has 1 aliphatic rings. The zero-order valence-corrected chi connectivity index (χ0v) is 20.3. The number of nitro groups is 1. The maximum Gasteiger partial charge on any atom is 0.353 e. The average molecular weight is 475 g/mol. The molecule has 0 unspecified atom stereocenters. The van der Waals surface area contributed by atoms with E-state index in [0.717, 1.165) is 18.5 Å². The van der Waals surface area contributed by atoms with Gasteiger partial charge < -0.3 is 16.0 Å². The third kappa shape index (κ3) is 6.36. The molecule has 10 nitrogen and oxygen atoms in total. The Labute approximate surface area is 204 Å². The summed E-state index contributed by atoms with van der Waals surface area (Å²) in [6.07, 6.45) is 2.94. The third-order valence-corrected chi connectivity index (χ3v) is 5.70. The van der Waals surface area contributed by atoms with E-state index in [2.05, 4.69) is 63.8 Å². The number of benzene rings is 2. The summed E-state index contributed by atoms with van der Waals surface area (Å²) in [6, 6.07) is 16.6. The second-order valence-electron chi connectivity index (χ2n) is 10.0. The number of azo groups is 1. The fourth-order valence-electron chi connectivity index (χ4n) is 4.72. The van der Waals surface area contributed by atoms with E-state index in [0.29, 0.717) is 11.4 Å². The zero-order chi connectivity index (χ0) is 25.1. The van der Waals surface area contributed by atoms with Crippen LogP contribution in [0.3, 0.4) is 0 Å². The lowest BCUT2D eigenvalue weighted by Gasteiger charge is -2.46. The summed E-state index contributed by atoms with van der Waals surface area (Å²) in [6.45, 7) is 8.53. The van der Waals surface area contributed by atoms with Crippen LogP contribution in [-0.4, -0.2) is 32.0 Å². The predicted molar refractivity (Wildman–Crippen MR) is 137 cm³/mol. The van der Waals surface area contributed by atoms with Crippen LogP contribution in [0.4, 0.5) is 34.4 Å². The predicted octanol–water partition coefficient (Wildman–Crippen LogP) is 6.26. The molecule has 2 aromatic carbocycles. The van der Waals surface area contributed by atoms with Gasteiger partial charge in [-0.1, -0.05) is 18.2 Å². The molecule has 2 heterocycles. The van der Waals surface area contributed by atoms with Gasteiger partial charge in [-0.3, -0.25) is 10.1 Å². The number of piperidine rings is 1. The maximum absolute atomic E-state index is 12.0. The lowest BCUT2D eigenvalue weighted by Crippen LogP contribution is -2.60. The van der Waals surface area contributed by atoms with Gasteiger partial charge in [0.1, 0.15) is 6.33 Å². The SMILES string of the molecule is CC1(C)CC(Nc2ncnc(Nc3ccc(N=Nc4ccccc4)cc3)c2[N+](=O)[O-])CC(C)(C)N1. The Balaban J connectivity index is 1.52. The zero-order valence-electron chi connectivity index (χ0n) is 20.3. The van der Waals surface area contributed by atoms with E-state index in [1.807, 2.05) is 30.3 Å². The molecule has 35 heavy (non-hydrogen) atoms. The number of nitrogens with one attached hydrogen (secondary N) is 3. The van der Waals surface area contributed by atoms with Gasteiger partial charge in [0.15, 0.2) is 0 Å². The van der Waals surface area contributed by atoms with E-state index in [1.54, 1.807) is 24.3 Å². The lowest BCUT2D eigenvalue weighted by atomic mass is 9.79. The highest BCUT2D eigenvalue weighted by atomic mass is 16.6. The van der Waals surface area contributed by atoms with Crippen LogP contribution in [-0.2, 0) is 0 Å². The van der Waals surface area contributed by atoms with Crippen molar-refractivity contribution in [2.24, 2.45) is 10.2 Å². The fraction of sp³-hybridized carbons (Fsp3) is 0.360. The summed E-state index contributed by atoms with van der Waals surface area (Å²) in [5.41, 5.74) is 1.65. The smallest absolute Gasteiger partial charge is 0.353 e. The number of nitrogens with zero attached hydrogens (tertiary/aromatic N) is 5. The molecule has 0 aliphatic carbocycles. The molecule has 0 atom stereocenters. The van der Waals surface area contributed by atoms with E-state index < -0.39 is 4.92 Å². The highest BCUT2D eigenvalue weighted by molar-refractivity contribution is 5.74. The number of hydrogen-bond donors (Lipinski definition) is 3. The first-order chi connectivity index (χ1) is 16.6. The first kappa shape index (κ1) is 24.2. The van der Waals surface area contributed by atoms with Crippen LogP contribution < -0.4 is 16.0 Å². The largest absolute Gasteiger partial charge is 0.361 e. The molecule has 1 saturated heterocycles. The number of rotatable bonds is 7. The molecule has 0 radical (unpaired) electrons. The number of aromatic nitrogens is 2. The summed E-state index contributed by atoms with van der Waals surface area (Å²) >= 11 is 0. The van der Waals surface area contributed by atoms with Crippen molar-refractivity contribution in [3.63, 3.8) is 0 Å². The van der Waals surface area contributed by atoms with Crippen LogP contribution in [0.1, 0.15) is 40.5 Å². The van der Waals surface area contributed by atoms with Gasteiger partial charge in [0.05, 0.1) is 16.3 Å². The molecule has 0 bridgehead atoms. The van der Waals surface area contributed by atoms with Crippen molar-refractivity contribution in [3.8, 4) is 0 Å². The summed E-state index contributed by atoms with van der Waals surface area (Å²) in [5, 5.41) is 30.4. The molecule has 1 aromatic heterocycles. The second kappa shape index (κ2) is 9.75. The average Bonchev–Trinajstić information content (AvgIpc) is 2.77. The highest BCUT2D eigenvalue weighted by Crippen LogP contribution is 2.35. The van der Waals surface area contributed by atoms with Crippen molar-refractivity contribution in [1.29, 1.82) is 0 Å². The van der Waals surface area contributed by atoms with Gasteiger partial charge in [-0.2, -0.15) is 10.2 Å². The summed E-state index contributed by atoms with van der Waals surface area (Å²) in [4.78, 5) is 19.9. The van der Waals surface area contributed by atoms with E-state index in [4.69, 9.17) is 0 Å². The second-order valence-corrected chi connectivity index (χ2v) is 10.0. The minimum absolute atomic E-state index is 0.0250. The Hall–Kier alpha value is -3.92. The Morgan fingerprint density at radius 3 is 2.09 bits per heavy atom. The maximum atomic E-state index is 12.0. The van der Waals surface area contributed by atoms with E-state index >= 15 is 0 Å². The molecular formula is C25H30N8O2. The van der Waals surface area contributed by atoms with E-state index in [-0.39, 0.29) is 34.4 Å². The van der Waals surface area contributed by atoms with Gasteiger partial charge in [-0.15, -0.1) is 0 Å². The molecule has 182 valence electrons. The van der Waals surface area contributed by atoms with Crippen LogP contribution in [0.15, 0.2) is 71.2 Å². The van der Waals surface area contributed by atoms with Gasteiger partial charge in [0.25, 0.3) is 0 Å². The minimum atomic E-state index is -0.454. The first-order valence-corrected chi connectivity index (χ1v) is 11.5. The molecule has 1 aliphatic heterocycles. The highest BCUT2D eigenvalue weighted by Gasteiger charge is 2.38.